The lowest BCUT2D eigenvalue weighted by molar-refractivity contribution is -0.118. The van der Waals surface area contributed by atoms with Crippen LogP contribution < -0.4 is 10.1 Å². The fourth-order valence-electron chi connectivity index (χ4n) is 2.91. The number of carbonyl (C=O) groups is 1. The van der Waals surface area contributed by atoms with Gasteiger partial charge in [-0.1, -0.05) is 44.2 Å². The molecule has 0 aliphatic carbocycles. The molecule has 5 heteroatoms. The number of ether oxygens (including phenoxy) is 1. The highest BCUT2D eigenvalue weighted by molar-refractivity contribution is 5.91. The molecule has 0 radical (unpaired) electrons. The number of hydrogen-bond acceptors (Lipinski definition) is 3. The SMILES string of the molecule is CCC(C)c1ccccc1OCC(=O)Nc1cccc(Cn2cccn2)c1. The fourth-order valence-corrected chi connectivity index (χ4v) is 2.91. The van der Waals surface area contributed by atoms with Crippen molar-refractivity contribution >= 4 is 11.6 Å². The number of nitrogens with one attached hydrogen (secondary N) is 1. The first kappa shape index (κ1) is 18.7. The van der Waals surface area contributed by atoms with Gasteiger partial charge in [-0.3, -0.25) is 9.48 Å². The molecule has 3 rings (SSSR count). The van der Waals surface area contributed by atoms with Crippen LogP contribution >= 0.6 is 0 Å². The van der Waals surface area contributed by atoms with Crippen LogP contribution in [0.2, 0.25) is 0 Å². The summed E-state index contributed by atoms with van der Waals surface area (Å²) >= 11 is 0. The van der Waals surface area contributed by atoms with Crippen LogP contribution in [0.4, 0.5) is 5.69 Å². The van der Waals surface area contributed by atoms with E-state index in [1.165, 1.54) is 0 Å². The fraction of sp³-hybridized carbons (Fsp3) is 0.273. The monoisotopic (exact) mass is 363 g/mol. The van der Waals surface area contributed by atoms with E-state index in [1.54, 1.807) is 6.20 Å². The zero-order valence-corrected chi connectivity index (χ0v) is 15.8. The minimum Gasteiger partial charge on any atom is -0.483 e. The average Bonchev–Trinajstić information content (AvgIpc) is 3.19. The summed E-state index contributed by atoms with van der Waals surface area (Å²) < 4.78 is 7.63. The average molecular weight is 363 g/mol. The molecule has 1 heterocycles. The second-order valence-electron chi connectivity index (χ2n) is 6.59. The molecule has 27 heavy (non-hydrogen) atoms. The first-order chi connectivity index (χ1) is 13.2. The molecule has 0 spiro atoms. The molecule has 0 bridgehead atoms. The molecular formula is C22H25N3O2. The second kappa shape index (κ2) is 9.03. The molecule has 1 unspecified atom stereocenters. The topological polar surface area (TPSA) is 56.1 Å². The van der Waals surface area contributed by atoms with Gasteiger partial charge in [-0.2, -0.15) is 5.10 Å². The Morgan fingerprint density at radius 2 is 2.04 bits per heavy atom. The third kappa shape index (κ3) is 5.20. The molecule has 0 aliphatic rings. The lowest BCUT2D eigenvalue weighted by Gasteiger charge is -2.15. The second-order valence-corrected chi connectivity index (χ2v) is 6.59. The molecular weight excluding hydrogens is 338 g/mol. The molecule has 0 saturated carbocycles. The van der Waals surface area contributed by atoms with Crippen molar-refractivity contribution in [2.45, 2.75) is 32.7 Å². The Labute approximate surface area is 160 Å². The molecule has 0 fully saturated rings. The van der Waals surface area contributed by atoms with E-state index in [0.717, 1.165) is 29.0 Å². The Kier molecular flexibility index (Phi) is 6.26. The molecule has 1 N–H and O–H groups in total. The summed E-state index contributed by atoms with van der Waals surface area (Å²) in [7, 11) is 0. The van der Waals surface area contributed by atoms with Crippen LogP contribution in [0.1, 0.15) is 37.3 Å². The highest BCUT2D eigenvalue weighted by atomic mass is 16.5. The Morgan fingerprint density at radius 3 is 2.81 bits per heavy atom. The molecule has 0 aliphatic heterocycles. The van der Waals surface area contributed by atoms with Gasteiger partial charge in [0.1, 0.15) is 5.75 Å². The number of benzene rings is 2. The number of nitrogens with zero attached hydrogens (tertiary/aromatic N) is 2. The van der Waals surface area contributed by atoms with Gasteiger partial charge in [-0.25, -0.2) is 0 Å². The Morgan fingerprint density at radius 1 is 1.19 bits per heavy atom. The van der Waals surface area contributed by atoms with Crippen LogP contribution in [0.15, 0.2) is 67.0 Å². The zero-order valence-electron chi connectivity index (χ0n) is 15.8. The molecule has 1 aromatic heterocycles. The maximum absolute atomic E-state index is 12.3. The summed E-state index contributed by atoms with van der Waals surface area (Å²) in [4.78, 5) is 12.3. The maximum atomic E-state index is 12.3. The van der Waals surface area contributed by atoms with Crippen LogP contribution in [0.3, 0.4) is 0 Å². The third-order valence-electron chi connectivity index (χ3n) is 4.54. The van der Waals surface area contributed by atoms with Gasteiger partial charge < -0.3 is 10.1 Å². The van der Waals surface area contributed by atoms with Crippen LogP contribution in [0.5, 0.6) is 5.75 Å². The standard InChI is InChI=1S/C22H25N3O2/c1-3-17(2)20-10-4-5-11-21(20)27-16-22(26)24-19-9-6-8-18(14-19)15-25-13-7-12-23-25/h4-14,17H,3,15-16H2,1-2H3,(H,24,26). The van der Waals surface area contributed by atoms with Gasteiger partial charge in [0.25, 0.3) is 5.91 Å². The lowest BCUT2D eigenvalue weighted by atomic mass is 9.98. The van der Waals surface area contributed by atoms with Crippen molar-refractivity contribution in [3.8, 4) is 5.75 Å². The van der Waals surface area contributed by atoms with Crippen LogP contribution in [-0.4, -0.2) is 22.3 Å². The van der Waals surface area contributed by atoms with Gasteiger partial charge in [-0.15, -0.1) is 0 Å². The van der Waals surface area contributed by atoms with Crippen molar-refractivity contribution in [3.63, 3.8) is 0 Å². The van der Waals surface area contributed by atoms with Gasteiger partial charge in [0.05, 0.1) is 6.54 Å². The van der Waals surface area contributed by atoms with E-state index in [2.05, 4.69) is 30.3 Å². The molecule has 1 atom stereocenters. The summed E-state index contributed by atoms with van der Waals surface area (Å²) in [5, 5.41) is 7.11. The van der Waals surface area contributed by atoms with Gasteiger partial charge >= 0.3 is 0 Å². The predicted octanol–water partition coefficient (Wildman–Crippen LogP) is 4.46. The Bertz CT molecular complexity index is 875. The molecule has 2 aromatic carbocycles. The van der Waals surface area contributed by atoms with Gasteiger partial charge in [0.15, 0.2) is 6.61 Å². The molecule has 3 aromatic rings. The van der Waals surface area contributed by atoms with E-state index in [4.69, 9.17) is 4.74 Å². The number of anilines is 1. The van der Waals surface area contributed by atoms with Crippen molar-refractivity contribution in [1.82, 2.24) is 9.78 Å². The predicted molar refractivity (Wildman–Crippen MR) is 107 cm³/mol. The number of rotatable bonds is 8. The molecule has 140 valence electrons. The normalized spacial score (nSPS) is 11.8. The summed E-state index contributed by atoms with van der Waals surface area (Å²) in [6.45, 7) is 4.95. The highest BCUT2D eigenvalue weighted by Gasteiger charge is 2.11. The van der Waals surface area contributed by atoms with Gasteiger partial charge in [0, 0.05) is 18.1 Å². The van der Waals surface area contributed by atoms with Crippen molar-refractivity contribution in [1.29, 1.82) is 0 Å². The summed E-state index contributed by atoms with van der Waals surface area (Å²) in [5.41, 5.74) is 2.96. The van der Waals surface area contributed by atoms with Crippen LogP contribution in [0.25, 0.3) is 0 Å². The smallest absolute Gasteiger partial charge is 0.262 e. The van der Waals surface area contributed by atoms with E-state index < -0.39 is 0 Å². The number of para-hydroxylation sites is 1. The molecule has 0 saturated heterocycles. The summed E-state index contributed by atoms with van der Waals surface area (Å²) in [6, 6.07) is 17.5. The Hall–Kier alpha value is -3.08. The van der Waals surface area contributed by atoms with E-state index in [9.17, 15) is 4.79 Å². The number of aromatic nitrogens is 2. The van der Waals surface area contributed by atoms with Crippen LogP contribution in [0, 0.1) is 0 Å². The van der Waals surface area contributed by atoms with E-state index in [1.807, 2.05) is 59.4 Å². The van der Waals surface area contributed by atoms with Crippen molar-refractivity contribution < 1.29 is 9.53 Å². The summed E-state index contributed by atoms with van der Waals surface area (Å²) in [5.74, 6) is 0.989. The first-order valence-electron chi connectivity index (χ1n) is 9.23. The van der Waals surface area contributed by atoms with Crippen molar-refractivity contribution in [2.75, 3.05) is 11.9 Å². The Balaban J connectivity index is 1.59. The quantitative estimate of drug-likeness (QED) is 0.643. The number of hydrogen-bond donors (Lipinski definition) is 1. The van der Waals surface area contributed by atoms with E-state index in [-0.39, 0.29) is 12.5 Å². The molecule has 1 amide bonds. The number of carbonyl (C=O) groups excluding carboxylic acids is 1. The molecule has 5 nitrogen and oxygen atoms in total. The van der Waals surface area contributed by atoms with Gasteiger partial charge in [-0.05, 0) is 47.7 Å². The third-order valence-corrected chi connectivity index (χ3v) is 4.54. The number of amides is 1. The minimum absolute atomic E-state index is 0.0170. The largest absolute Gasteiger partial charge is 0.483 e. The van der Waals surface area contributed by atoms with E-state index >= 15 is 0 Å². The van der Waals surface area contributed by atoms with Crippen molar-refractivity contribution in [3.05, 3.63) is 78.1 Å². The first-order valence-corrected chi connectivity index (χ1v) is 9.23. The van der Waals surface area contributed by atoms with Crippen LogP contribution in [-0.2, 0) is 11.3 Å². The van der Waals surface area contributed by atoms with Gasteiger partial charge in [0.2, 0.25) is 0 Å². The highest BCUT2D eigenvalue weighted by Crippen LogP contribution is 2.28. The minimum atomic E-state index is -0.176. The van der Waals surface area contributed by atoms with Crippen molar-refractivity contribution in [2.24, 2.45) is 0 Å². The maximum Gasteiger partial charge on any atom is 0.262 e. The summed E-state index contributed by atoms with van der Waals surface area (Å²) in [6.07, 6.45) is 4.68. The zero-order chi connectivity index (χ0) is 19.1. The lowest BCUT2D eigenvalue weighted by Crippen LogP contribution is -2.20. The van der Waals surface area contributed by atoms with E-state index in [0.29, 0.717) is 12.5 Å².